The van der Waals surface area contributed by atoms with Crippen molar-refractivity contribution in [3.05, 3.63) is 64.2 Å². The summed E-state index contributed by atoms with van der Waals surface area (Å²) >= 11 is 0. The lowest BCUT2D eigenvalue weighted by Crippen LogP contribution is -2.52. The van der Waals surface area contributed by atoms with Gasteiger partial charge in [-0.05, 0) is 86.6 Å². The molecule has 1 aliphatic carbocycles. The van der Waals surface area contributed by atoms with Crippen molar-refractivity contribution in [2.75, 3.05) is 4.90 Å². The maximum absolute atomic E-state index is 13.9. The third-order valence-corrected chi connectivity index (χ3v) is 7.35. The molecule has 1 fully saturated rings. The molecule has 0 bridgehead atoms. The Kier molecular flexibility index (Phi) is 8.83. The number of halogens is 12. The Morgan fingerprint density at radius 3 is 1.80 bits per heavy atom. The molecule has 0 radical (unpaired) electrons. The minimum atomic E-state index is -5.74. The molecule has 1 aliphatic heterocycles. The first-order chi connectivity index (χ1) is 20.5. The Balaban J connectivity index is 1.94. The lowest BCUT2D eigenvalue weighted by atomic mass is 9.86. The predicted molar refractivity (Wildman–Crippen MR) is 132 cm³/mol. The molecule has 2 aromatic rings. The molecule has 0 spiro atoms. The zero-order valence-electron chi connectivity index (χ0n) is 23.3. The van der Waals surface area contributed by atoms with Gasteiger partial charge >= 0.3 is 36.7 Å². The molecule has 1 saturated carbocycles. The predicted octanol–water partition coefficient (Wildman–Crippen LogP) is 8.91. The zero-order valence-corrected chi connectivity index (χ0v) is 23.3. The van der Waals surface area contributed by atoms with Gasteiger partial charge in [0.2, 0.25) is 0 Å². The van der Waals surface area contributed by atoms with Gasteiger partial charge in [0, 0.05) is 12.6 Å². The molecule has 1 heterocycles. The highest BCUT2D eigenvalue weighted by Gasteiger charge is 2.51. The molecule has 2 unspecified atom stereocenters. The van der Waals surface area contributed by atoms with Crippen molar-refractivity contribution in [1.29, 1.82) is 0 Å². The molecule has 2 aliphatic rings. The van der Waals surface area contributed by atoms with Crippen LogP contribution in [0.3, 0.4) is 0 Å². The van der Waals surface area contributed by atoms with E-state index in [1.807, 2.05) is 0 Å². The Bertz CT molecular complexity index is 1410. The molecule has 2 amide bonds. The van der Waals surface area contributed by atoms with Crippen molar-refractivity contribution in [1.82, 2.24) is 4.90 Å². The third-order valence-electron chi connectivity index (χ3n) is 7.35. The fourth-order valence-corrected chi connectivity index (χ4v) is 5.32. The molecule has 45 heavy (non-hydrogen) atoms. The number of amides is 2. The lowest BCUT2D eigenvalue weighted by Gasteiger charge is -2.45. The highest BCUT2D eigenvalue weighted by atomic mass is 19.4. The van der Waals surface area contributed by atoms with E-state index in [2.05, 4.69) is 0 Å². The number of benzene rings is 2. The summed E-state index contributed by atoms with van der Waals surface area (Å²) in [5.74, 6) is -3.11. The summed E-state index contributed by atoms with van der Waals surface area (Å²) in [6.07, 6.45) is -23.0. The maximum Gasteiger partial charge on any atom is 0.471 e. The molecule has 5 nitrogen and oxygen atoms in total. The summed E-state index contributed by atoms with van der Waals surface area (Å²) in [5.41, 5.74) is -7.09. The minimum Gasteiger partial charge on any atom is -0.446 e. The zero-order chi connectivity index (χ0) is 33.9. The molecule has 0 N–H and O–H groups in total. The van der Waals surface area contributed by atoms with Crippen molar-refractivity contribution in [3.63, 3.8) is 0 Å². The molecule has 2 atom stereocenters. The van der Waals surface area contributed by atoms with Crippen LogP contribution >= 0.6 is 0 Å². The van der Waals surface area contributed by atoms with Gasteiger partial charge in [-0.2, -0.15) is 52.7 Å². The first-order valence-corrected chi connectivity index (χ1v) is 13.4. The largest absolute Gasteiger partial charge is 0.471 e. The Labute approximate surface area is 247 Å². The smallest absolute Gasteiger partial charge is 0.446 e. The molecule has 2 aromatic carbocycles. The molecule has 4 rings (SSSR count). The average molecular weight is 664 g/mol. The number of carbonyl (C=O) groups is 2. The van der Waals surface area contributed by atoms with E-state index in [9.17, 15) is 62.3 Å². The van der Waals surface area contributed by atoms with Gasteiger partial charge in [0.1, 0.15) is 0 Å². The van der Waals surface area contributed by atoms with E-state index in [0.29, 0.717) is 25.0 Å². The quantitative estimate of drug-likeness (QED) is 0.300. The van der Waals surface area contributed by atoms with Gasteiger partial charge in [0.05, 0.1) is 34.5 Å². The van der Waals surface area contributed by atoms with Crippen LogP contribution in [-0.2, 0) is 34.6 Å². The molecule has 0 saturated heterocycles. The van der Waals surface area contributed by atoms with E-state index in [4.69, 9.17) is 4.74 Å². The highest BCUT2D eigenvalue weighted by Crippen LogP contribution is 2.50. The summed E-state index contributed by atoms with van der Waals surface area (Å²) < 4.78 is 169. The summed E-state index contributed by atoms with van der Waals surface area (Å²) in [5, 5.41) is 0. The fourth-order valence-electron chi connectivity index (χ4n) is 5.32. The van der Waals surface area contributed by atoms with Gasteiger partial charge in [-0.1, -0.05) is 0 Å². The van der Waals surface area contributed by atoms with Gasteiger partial charge in [0.15, 0.2) is 0 Å². The monoisotopic (exact) mass is 664 g/mol. The summed E-state index contributed by atoms with van der Waals surface area (Å²) in [7, 11) is 0. The SMILES string of the molecule is CC(C)OC(=O)N1c2ccc(C(F)(F)F)cc2C(N(Cc2cc(C(F)(F)F)cc(C(F)(F)F)c2)C(=O)C(F)(F)F)CC1C1CC1. The van der Waals surface area contributed by atoms with E-state index in [1.54, 1.807) is 0 Å². The van der Waals surface area contributed by atoms with Crippen LogP contribution in [0.5, 0.6) is 0 Å². The van der Waals surface area contributed by atoms with Crippen molar-refractivity contribution in [2.24, 2.45) is 5.92 Å². The van der Waals surface area contributed by atoms with Crippen molar-refractivity contribution >= 4 is 17.7 Å². The van der Waals surface area contributed by atoms with Crippen LogP contribution < -0.4 is 4.90 Å². The molecule has 0 aromatic heterocycles. The maximum atomic E-state index is 13.9. The van der Waals surface area contributed by atoms with Crippen molar-refractivity contribution in [3.8, 4) is 0 Å². The number of rotatable bonds is 5. The van der Waals surface area contributed by atoms with Crippen molar-refractivity contribution < 1.29 is 67.0 Å². The van der Waals surface area contributed by atoms with E-state index in [-0.39, 0.29) is 28.8 Å². The molecular weight excluding hydrogens is 640 g/mol. The van der Waals surface area contributed by atoms with E-state index in [1.165, 1.54) is 13.8 Å². The van der Waals surface area contributed by atoms with Crippen LogP contribution in [0.4, 0.5) is 63.2 Å². The number of hydrogen-bond acceptors (Lipinski definition) is 3. The normalized spacial score (nSPS) is 19.4. The van der Waals surface area contributed by atoms with Crippen molar-refractivity contribution in [2.45, 2.75) is 82.5 Å². The van der Waals surface area contributed by atoms with Gasteiger partial charge in [-0.3, -0.25) is 9.69 Å². The molecule has 17 heteroatoms. The lowest BCUT2D eigenvalue weighted by molar-refractivity contribution is -0.189. The van der Waals surface area contributed by atoms with E-state index in [0.717, 1.165) is 11.0 Å². The number of alkyl halides is 12. The van der Waals surface area contributed by atoms with Gasteiger partial charge in [-0.25, -0.2) is 4.79 Å². The second-order valence-corrected chi connectivity index (χ2v) is 11.1. The van der Waals surface area contributed by atoms with E-state index < -0.39 is 102 Å². The van der Waals surface area contributed by atoms with Gasteiger partial charge in [-0.15, -0.1) is 0 Å². The number of anilines is 1. The summed E-state index contributed by atoms with van der Waals surface area (Å²) in [6.45, 7) is 1.45. The van der Waals surface area contributed by atoms with Gasteiger partial charge < -0.3 is 9.64 Å². The van der Waals surface area contributed by atoms with Crippen LogP contribution in [0.2, 0.25) is 0 Å². The fraction of sp³-hybridized carbons (Fsp3) is 0.500. The Hall–Kier alpha value is -3.66. The minimum absolute atomic E-state index is 0.0882. The summed E-state index contributed by atoms with van der Waals surface area (Å²) in [6, 6.07) is -1.20. The second-order valence-electron chi connectivity index (χ2n) is 11.1. The van der Waals surface area contributed by atoms with Crippen LogP contribution in [0.25, 0.3) is 0 Å². The van der Waals surface area contributed by atoms with Crippen LogP contribution in [0.15, 0.2) is 36.4 Å². The Morgan fingerprint density at radius 2 is 1.36 bits per heavy atom. The van der Waals surface area contributed by atoms with Crippen LogP contribution in [-0.4, -0.2) is 35.2 Å². The average Bonchev–Trinajstić information content (AvgIpc) is 3.73. The summed E-state index contributed by atoms with van der Waals surface area (Å²) in [4.78, 5) is 26.8. The number of fused-ring (bicyclic) bond motifs is 1. The topological polar surface area (TPSA) is 49.9 Å². The Morgan fingerprint density at radius 1 is 0.822 bits per heavy atom. The second kappa shape index (κ2) is 11.6. The molecular formula is C28H24F12N2O3. The number of carbonyl (C=O) groups excluding carboxylic acids is 2. The van der Waals surface area contributed by atoms with Gasteiger partial charge in [0.25, 0.3) is 0 Å². The first-order valence-electron chi connectivity index (χ1n) is 13.4. The first kappa shape index (κ1) is 34.2. The third kappa shape index (κ3) is 7.60. The van der Waals surface area contributed by atoms with E-state index >= 15 is 0 Å². The van der Waals surface area contributed by atoms with Crippen LogP contribution in [0.1, 0.15) is 67.0 Å². The molecule has 248 valence electrons. The number of ether oxygens (including phenoxy) is 1. The van der Waals surface area contributed by atoms with Crippen LogP contribution in [0, 0.1) is 5.92 Å². The standard InChI is InChI=1S/C28H24F12N2O3/c1-13(2)45-24(44)42-20-6-5-16(25(29,30)31)10-19(20)22(11-21(42)15-3-4-15)41(23(43)28(38,39)40)12-14-7-17(26(32,33)34)9-18(8-14)27(35,36)37/h5-10,13,15,21-22H,3-4,11-12H2,1-2H3. The number of hydrogen-bond donors (Lipinski definition) is 0. The number of nitrogens with zero attached hydrogens (tertiary/aromatic N) is 2. The highest BCUT2D eigenvalue weighted by molar-refractivity contribution is 5.91.